The molecule has 3 N–H and O–H groups in total. The van der Waals surface area contributed by atoms with Gasteiger partial charge in [-0.25, -0.2) is 9.78 Å². The number of H-pyrrole nitrogens is 1. The van der Waals surface area contributed by atoms with Gasteiger partial charge in [0.05, 0.1) is 16.5 Å². The minimum Gasteiger partial charge on any atom is -0.508 e. The number of aromatic amines is 1. The predicted molar refractivity (Wildman–Crippen MR) is 76.4 cm³/mol. The Morgan fingerprint density at radius 2 is 1.95 bits per heavy atom. The maximum Gasteiger partial charge on any atom is 0.335 e. The molecule has 0 bridgehead atoms. The number of carboxylic acids is 1. The average Bonchev–Trinajstić information content (AvgIpc) is 2.46. The van der Waals surface area contributed by atoms with Crippen LogP contribution in [0.15, 0.2) is 47.3 Å². The molecule has 0 aliphatic rings. The first-order valence-corrected chi connectivity index (χ1v) is 6.11. The molecule has 0 aliphatic heterocycles. The number of nitrogens with zero attached hydrogens (tertiary/aromatic N) is 1. The lowest BCUT2D eigenvalue weighted by Crippen LogP contribution is -2.10. The van der Waals surface area contributed by atoms with E-state index in [0.717, 1.165) is 0 Å². The molecule has 0 aliphatic carbocycles. The Morgan fingerprint density at radius 1 is 1.14 bits per heavy atom. The second-order valence-electron chi connectivity index (χ2n) is 4.50. The summed E-state index contributed by atoms with van der Waals surface area (Å²) >= 11 is 0. The van der Waals surface area contributed by atoms with Crippen molar-refractivity contribution >= 4 is 16.9 Å². The largest absolute Gasteiger partial charge is 0.508 e. The number of rotatable bonds is 2. The van der Waals surface area contributed by atoms with Crippen molar-refractivity contribution in [3.63, 3.8) is 0 Å². The van der Waals surface area contributed by atoms with Gasteiger partial charge in [0.1, 0.15) is 11.6 Å². The van der Waals surface area contributed by atoms with E-state index in [1.807, 2.05) is 0 Å². The summed E-state index contributed by atoms with van der Waals surface area (Å²) in [6.07, 6.45) is 0. The highest BCUT2D eigenvalue weighted by Gasteiger charge is 2.09. The van der Waals surface area contributed by atoms with Crippen molar-refractivity contribution in [2.45, 2.75) is 0 Å². The predicted octanol–water partition coefficient (Wildman–Crippen LogP) is 1.99. The number of aromatic nitrogens is 2. The Bertz CT molecular complexity index is 915. The third-order valence-electron chi connectivity index (χ3n) is 3.07. The van der Waals surface area contributed by atoms with Crippen LogP contribution in [0.5, 0.6) is 5.75 Å². The molecule has 6 nitrogen and oxygen atoms in total. The molecule has 0 atom stereocenters. The van der Waals surface area contributed by atoms with Crippen LogP contribution in [-0.4, -0.2) is 26.2 Å². The zero-order chi connectivity index (χ0) is 15.0. The number of aromatic hydroxyl groups is 1. The molecule has 0 amide bonds. The van der Waals surface area contributed by atoms with E-state index in [1.54, 1.807) is 12.1 Å². The first-order valence-electron chi connectivity index (χ1n) is 6.11. The van der Waals surface area contributed by atoms with Crippen molar-refractivity contribution in [3.8, 4) is 17.1 Å². The molecule has 1 heterocycles. The van der Waals surface area contributed by atoms with E-state index in [2.05, 4.69) is 9.97 Å². The van der Waals surface area contributed by atoms with Crippen LogP contribution in [0.25, 0.3) is 22.3 Å². The van der Waals surface area contributed by atoms with E-state index in [9.17, 15) is 14.7 Å². The van der Waals surface area contributed by atoms with Gasteiger partial charge in [-0.2, -0.15) is 0 Å². The number of hydrogen-bond donors (Lipinski definition) is 3. The number of fused-ring (bicyclic) bond motifs is 1. The van der Waals surface area contributed by atoms with Gasteiger partial charge in [-0.1, -0.05) is 12.1 Å². The van der Waals surface area contributed by atoms with Crippen molar-refractivity contribution in [3.05, 3.63) is 58.4 Å². The van der Waals surface area contributed by atoms with E-state index in [1.165, 1.54) is 30.3 Å². The number of phenolic OH excluding ortho intramolecular Hbond substituents is 1. The van der Waals surface area contributed by atoms with Crippen molar-refractivity contribution in [1.82, 2.24) is 9.97 Å². The third-order valence-corrected chi connectivity index (χ3v) is 3.07. The molecule has 0 saturated carbocycles. The second-order valence-corrected chi connectivity index (χ2v) is 4.50. The summed E-state index contributed by atoms with van der Waals surface area (Å²) in [4.78, 5) is 29.9. The Labute approximate surface area is 118 Å². The van der Waals surface area contributed by atoms with Crippen LogP contribution in [-0.2, 0) is 0 Å². The monoisotopic (exact) mass is 282 g/mol. The van der Waals surface area contributed by atoms with Gasteiger partial charge in [-0.05, 0) is 30.3 Å². The zero-order valence-corrected chi connectivity index (χ0v) is 10.7. The highest BCUT2D eigenvalue weighted by Crippen LogP contribution is 2.20. The van der Waals surface area contributed by atoms with E-state index < -0.39 is 5.97 Å². The van der Waals surface area contributed by atoms with Crippen molar-refractivity contribution in [2.75, 3.05) is 0 Å². The smallest absolute Gasteiger partial charge is 0.335 e. The standard InChI is InChI=1S/C15H10N2O4/c18-10-3-1-2-8(6-10)13-16-12-7-9(15(20)21)4-5-11(12)14(19)17-13/h1-7,18H,(H,20,21)(H,16,17,19). The second kappa shape index (κ2) is 4.75. The number of phenols is 1. The number of carboxylic acid groups (broad SMARTS) is 1. The fourth-order valence-electron chi connectivity index (χ4n) is 2.06. The van der Waals surface area contributed by atoms with Gasteiger partial charge in [0, 0.05) is 5.56 Å². The fourth-order valence-corrected chi connectivity index (χ4v) is 2.06. The first-order chi connectivity index (χ1) is 10.0. The minimum atomic E-state index is -1.09. The Morgan fingerprint density at radius 3 is 2.67 bits per heavy atom. The maximum atomic E-state index is 12.0. The molecular formula is C15H10N2O4. The van der Waals surface area contributed by atoms with Gasteiger partial charge in [0.2, 0.25) is 0 Å². The van der Waals surface area contributed by atoms with Crippen LogP contribution in [0.1, 0.15) is 10.4 Å². The van der Waals surface area contributed by atoms with E-state index in [4.69, 9.17) is 5.11 Å². The van der Waals surface area contributed by atoms with Gasteiger partial charge >= 0.3 is 5.97 Å². The van der Waals surface area contributed by atoms with Crippen molar-refractivity contribution < 1.29 is 15.0 Å². The van der Waals surface area contributed by atoms with Crippen LogP contribution in [0.4, 0.5) is 0 Å². The maximum absolute atomic E-state index is 12.0. The molecule has 104 valence electrons. The zero-order valence-electron chi connectivity index (χ0n) is 10.7. The Balaban J connectivity index is 2.26. The van der Waals surface area contributed by atoms with Crippen molar-refractivity contribution in [2.24, 2.45) is 0 Å². The molecule has 3 aromatic rings. The normalized spacial score (nSPS) is 10.7. The summed E-state index contributed by atoms with van der Waals surface area (Å²) in [7, 11) is 0. The number of benzene rings is 2. The highest BCUT2D eigenvalue weighted by molar-refractivity contribution is 5.93. The van der Waals surface area contributed by atoms with Crippen LogP contribution in [0.2, 0.25) is 0 Å². The molecule has 21 heavy (non-hydrogen) atoms. The lowest BCUT2D eigenvalue weighted by molar-refractivity contribution is 0.0697. The molecule has 6 heteroatoms. The molecule has 0 unspecified atom stereocenters. The highest BCUT2D eigenvalue weighted by atomic mass is 16.4. The number of nitrogens with one attached hydrogen (secondary N) is 1. The summed E-state index contributed by atoms with van der Waals surface area (Å²) in [6, 6.07) is 10.4. The molecule has 0 saturated heterocycles. The molecule has 0 fully saturated rings. The van der Waals surface area contributed by atoms with Gasteiger partial charge in [-0.3, -0.25) is 4.79 Å². The van der Waals surface area contributed by atoms with Crippen LogP contribution in [0.3, 0.4) is 0 Å². The number of aromatic carboxylic acids is 1. The van der Waals surface area contributed by atoms with Crippen molar-refractivity contribution in [1.29, 1.82) is 0 Å². The Kier molecular flexibility index (Phi) is 2.91. The van der Waals surface area contributed by atoms with E-state index in [-0.39, 0.29) is 28.2 Å². The lowest BCUT2D eigenvalue weighted by Gasteiger charge is -2.04. The third kappa shape index (κ3) is 2.34. The van der Waals surface area contributed by atoms with Crippen LogP contribution < -0.4 is 5.56 Å². The summed E-state index contributed by atoms with van der Waals surface area (Å²) in [6.45, 7) is 0. The van der Waals surface area contributed by atoms with E-state index >= 15 is 0 Å². The van der Waals surface area contributed by atoms with Gasteiger partial charge in [0.25, 0.3) is 5.56 Å². The molecular weight excluding hydrogens is 272 g/mol. The number of hydrogen-bond acceptors (Lipinski definition) is 4. The van der Waals surface area contributed by atoms with Gasteiger partial charge < -0.3 is 15.2 Å². The molecule has 1 aromatic heterocycles. The van der Waals surface area contributed by atoms with Gasteiger partial charge in [0.15, 0.2) is 0 Å². The van der Waals surface area contributed by atoms with Crippen LogP contribution in [0, 0.1) is 0 Å². The summed E-state index contributed by atoms with van der Waals surface area (Å²) in [5.74, 6) is -0.765. The summed E-state index contributed by atoms with van der Waals surface area (Å²) < 4.78 is 0. The molecule has 3 rings (SSSR count). The van der Waals surface area contributed by atoms with E-state index in [0.29, 0.717) is 10.9 Å². The quantitative estimate of drug-likeness (QED) is 0.667. The lowest BCUT2D eigenvalue weighted by atomic mass is 10.1. The SMILES string of the molecule is O=C(O)c1ccc2c(=O)[nH]c(-c3cccc(O)c3)nc2c1. The number of carbonyl (C=O) groups is 1. The molecule has 0 spiro atoms. The molecule has 2 aromatic carbocycles. The topological polar surface area (TPSA) is 103 Å². The average molecular weight is 282 g/mol. The van der Waals surface area contributed by atoms with Gasteiger partial charge in [-0.15, -0.1) is 0 Å². The summed E-state index contributed by atoms with van der Waals surface area (Å²) in [5, 5.41) is 18.8. The van der Waals surface area contributed by atoms with Crippen LogP contribution >= 0.6 is 0 Å². The fraction of sp³-hybridized carbons (Fsp3) is 0. The molecule has 0 radical (unpaired) electrons. The Hall–Kier alpha value is -3.15. The summed E-state index contributed by atoms with van der Waals surface area (Å²) in [5.41, 5.74) is 0.518. The first kappa shape index (κ1) is 12.9. The minimum absolute atomic E-state index is 0.0505.